The molecule has 0 unspecified atom stereocenters. The third-order valence-corrected chi connectivity index (χ3v) is 5.47. The van der Waals surface area contributed by atoms with Crippen LogP contribution in [-0.2, 0) is 13.0 Å². The van der Waals surface area contributed by atoms with E-state index in [0.717, 1.165) is 30.1 Å². The third-order valence-electron chi connectivity index (χ3n) is 5.47. The summed E-state index contributed by atoms with van der Waals surface area (Å²) in [5.41, 5.74) is 9.28. The van der Waals surface area contributed by atoms with Gasteiger partial charge in [0.1, 0.15) is 17.2 Å². The molecule has 0 aliphatic carbocycles. The molecule has 0 saturated heterocycles. The van der Waals surface area contributed by atoms with Crippen LogP contribution in [0.2, 0.25) is 0 Å². The van der Waals surface area contributed by atoms with Crippen molar-refractivity contribution in [2.24, 2.45) is 5.73 Å². The van der Waals surface area contributed by atoms with Crippen LogP contribution in [0.1, 0.15) is 37.7 Å². The Morgan fingerprint density at radius 3 is 2.19 bits per heavy atom. The van der Waals surface area contributed by atoms with Gasteiger partial charge < -0.3 is 24.5 Å². The maximum absolute atomic E-state index is 12.9. The molecule has 7 nitrogen and oxygen atoms in total. The highest BCUT2D eigenvalue weighted by atomic mass is 16.5. The number of methoxy groups -OCH3 is 2. The number of Topliss-reactive ketones (excluding diaryl/α,β-unsaturated/α-hetero) is 1. The van der Waals surface area contributed by atoms with E-state index in [0.29, 0.717) is 11.3 Å². The van der Waals surface area contributed by atoms with E-state index in [1.807, 2.05) is 44.2 Å². The number of benzene rings is 2. The first-order valence-electron chi connectivity index (χ1n) is 10.3. The van der Waals surface area contributed by atoms with Crippen LogP contribution in [0.4, 0.5) is 0 Å². The minimum Gasteiger partial charge on any atom is -0.497 e. The molecule has 3 aromatic rings. The second-order valence-corrected chi connectivity index (χ2v) is 7.47. The van der Waals surface area contributed by atoms with E-state index in [2.05, 4.69) is 4.57 Å². The van der Waals surface area contributed by atoms with Gasteiger partial charge in [-0.3, -0.25) is 9.59 Å². The number of amides is 1. The number of aryl methyl sites for hydroxylation is 2. The van der Waals surface area contributed by atoms with E-state index in [-0.39, 0.29) is 23.7 Å². The van der Waals surface area contributed by atoms with Gasteiger partial charge in [-0.15, -0.1) is 0 Å². The fourth-order valence-corrected chi connectivity index (χ4v) is 3.64. The zero-order valence-corrected chi connectivity index (χ0v) is 18.8. The van der Waals surface area contributed by atoms with Crippen molar-refractivity contribution in [3.8, 4) is 17.2 Å². The lowest BCUT2D eigenvalue weighted by atomic mass is 10.1. The number of aromatic nitrogens is 1. The van der Waals surface area contributed by atoms with Crippen molar-refractivity contribution in [2.75, 3.05) is 20.8 Å². The van der Waals surface area contributed by atoms with Crippen molar-refractivity contribution in [3.05, 3.63) is 76.6 Å². The quantitative estimate of drug-likeness (QED) is 0.489. The van der Waals surface area contributed by atoms with Crippen molar-refractivity contribution in [3.63, 3.8) is 0 Å². The van der Waals surface area contributed by atoms with E-state index >= 15 is 0 Å². The van der Waals surface area contributed by atoms with Crippen LogP contribution >= 0.6 is 0 Å². The highest BCUT2D eigenvalue weighted by molar-refractivity contribution is 5.99. The van der Waals surface area contributed by atoms with Crippen molar-refractivity contribution in [1.82, 2.24) is 4.57 Å². The Bertz CT molecular complexity index is 1120. The van der Waals surface area contributed by atoms with E-state index in [4.69, 9.17) is 19.9 Å². The van der Waals surface area contributed by atoms with Crippen molar-refractivity contribution >= 4 is 11.7 Å². The van der Waals surface area contributed by atoms with Gasteiger partial charge in [0.05, 0.1) is 19.8 Å². The van der Waals surface area contributed by atoms with Crippen molar-refractivity contribution < 1.29 is 23.8 Å². The topological polar surface area (TPSA) is 92.8 Å². The maximum atomic E-state index is 12.9. The lowest BCUT2D eigenvalue weighted by molar-refractivity contribution is 0.0911. The third kappa shape index (κ3) is 5.11. The number of primary amides is 1. The zero-order chi connectivity index (χ0) is 23.3. The molecular formula is C25H28N2O5. The Hall–Kier alpha value is -3.74. The lowest BCUT2D eigenvalue weighted by Crippen LogP contribution is -2.17. The molecule has 1 heterocycles. The summed E-state index contributed by atoms with van der Waals surface area (Å²) in [7, 11) is 3.14. The summed E-state index contributed by atoms with van der Waals surface area (Å²) < 4.78 is 18.1. The predicted molar refractivity (Wildman–Crippen MR) is 122 cm³/mol. The summed E-state index contributed by atoms with van der Waals surface area (Å²) in [6, 6.07) is 14.6. The first-order valence-corrected chi connectivity index (χ1v) is 10.3. The van der Waals surface area contributed by atoms with E-state index in [1.54, 1.807) is 19.2 Å². The number of rotatable bonds is 10. The van der Waals surface area contributed by atoms with Gasteiger partial charge >= 0.3 is 0 Å². The molecule has 0 saturated carbocycles. The SMILES string of the molecule is COc1ccc(CCn2c(C)cc(C(=O)COc3ccc(OC)cc3C(N)=O)c2C)cc1. The monoisotopic (exact) mass is 436 g/mol. The van der Waals surface area contributed by atoms with Gasteiger partial charge in [0.2, 0.25) is 5.78 Å². The Balaban J connectivity index is 1.69. The highest BCUT2D eigenvalue weighted by Gasteiger charge is 2.18. The normalized spacial score (nSPS) is 10.6. The molecule has 3 rings (SSSR count). The molecule has 0 fully saturated rings. The Labute approximate surface area is 187 Å². The standard InChI is InChI=1S/C25H28N2O5/c1-16-13-21(17(2)27(16)12-11-18-5-7-19(30-3)8-6-18)23(28)15-32-24-10-9-20(31-4)14-22(24)25(26)29/h5-10,13-14H,11-12,15H2,1-4H3,(H2,26,29). The molecule has 0 aliphatic heterocycles. The zero-order valence-electron chi connectivity index (χ0n) is 18.8. The minimum atomic E-state index is -0.650. The number of carbonyl (C=O) groups is 2. The fourth-order valence-electron chi connectivity index (χ4n) is 3.64. The lowest BCUT2D eigenvalue weighted by Gasteiger charge is -2.12. The van der Waals surface area contributed by atoms with E-state index in [1.165, 1.54) is 18.7 Å². The number of nitrogens with zero attached hydrogens (tertiary/aromatic N) is 1. The molecule has 1 amide bonds. The molecule has 7 heteroatoms. The van der Waals surface area contributed by atoms with Gasteiger partial charge in [-0.05, 0) is 62.2 Å². The molecule has 0 radical (unpaired) electrons. The van der Waals surface area contributed by atoms with Crippen LogP contribution in [0.25, 0.3) is 0 Å². The number of nitrogens with two attached hydrogens (primary N) is 1. The second-order valence-electron chi connectivity index (χ2n) is 7.47. The van der Waals surface area contributed by atoms with Gasteiger partial charge in [-0.25, -0.2) is 0 Å². The van der Waals surface area contributed by atoms with Crippen LogP contribution in [0.5, 0.6) is 17.2 Å². The van der Waals surface area contributed by atoms with Crippen LogP contribution in [0.3, 0.4) is 0 Å². The molecule has 2 N–H and O–H groups in total. The van der Waals surface area contributed by atoms with Gasteiger partial charge in [0.25, 0.3) is 5.91 Å². The van der Waals surface area contributed by atoms with Gasteiger partial charge in [-0.1, -0.05) is 12.1 Å². The van der Waals surface area contributed by atoms with Gasteiger partial charge in [0.15, 0.2) is 6.61 Å². The maximum Gasteiger partial charge on any atom is 0.252 e. The molecule has 1 aromatic heterocycles. The number of carbonyl (C=O) groups excluding carboxylic acids is 2. The number of hydrogen-bond acceptors (Lipinski definition) is 5. The van der Waals surface area contributed by atoms with Gasteiger partial charge in [-0.2, -0.15) is 0 Å². The smallest absolute Gasteiger partial charge is 0.252 e. The molecule has 2 aromatic carbocycles. The Morgan fingerprint density at radius 2 is 1.56 bits per heavy atom. The number of hydrogen-bond donors (Lipinski definition) is 1. The average Bonchev–Trinajstić information content (AvgIpc) is 3.09. The van der Waals surface area contributed by atoms with Crippen LogP contribution in [-0.4, -0.2) is 37.1 Å². The molecular weight excluding hydrogens is 408 g/mol. The Morgan fingerprint density at radius 1 is 0.906 bits per heavy atom. The molecule has 0 aliphatic rings. The van der Waals surface area contributed by atoms with Crippen LogP contribution in [0.15, 0.2) is 48.5 Å². The van der Waals surface area contributed by atoms with Gasteiger partial charge in [0, 0.05) is 23.5 Å². The summed E-state index contributed by atoms with van der Waals surface area (Å²) in [4.78, 5) is 24.6. The summed E-state index contributed by atoms with van der Waals surface area (Å²) in [5.74, 6) is 0.743. The first-order chi connectivity index (χ1) is 15.3. The summed E-state index contributed by atoms with van der Waals surface area (Å²) in [6.07, 6.45) is 0.832. The van der Waals surface area contributed by atoms with E-state index in [9.17, 15) is 9.59 Å². The van der Waals surface area contributed by atoms with Crippen LogP contribution < -0.4 is 19.9 Å². The largest absolute Gasteiger partial charge is 0.497 e. The molecule has 0 bridgehead atoms. The number of ketones is 1. The molecule has 32 heavy (non-hydrogen) atoms. The molecule has 168 valence electrons. The summed E-state index contributed by atoms with van der Waals surface area (Å²) in [6.45, 7) is 4.46. The average molecular weight is 437 g/mol. The highest BCUT2D eigenvalue weighted by Crippen LogP contribution is 2.25. The first kappa shape index (κ1) is 22.9. The Kier molecular flexibility index (Phi) is 7.20. The summed E-state index contributed by atoms with van der Waals surface area (Å²) in [5, 5.41) is 0. The molecule has 0 spiro atoms. The fraction of sp³-hybridized carbons (Fsp3) is 0.280. The van der Waals surface area contributed by atoms with Crippen molar-refractivity contribution in [2.45, 2.75) is 26.8 Å². The van der Waals surface area contributed by atoms with Crippen molar-refractivity contribution in [1.29, 1.82) is 0 Å². The van der Waals surface area contributed by atoms with E-state index < -0.39 is 5.91 Å². The van der Waals surface area contributed by atoms with Crippen LogP contribution in [0, 0.1) is 13.8 Å². The number of ether oxygens (including phenoxy) is 3. The predicted octanol–water partition coefficient (Wildman–Crippen LogP) is 3.73. The second kappa shape index (κ2) is 10.0. The molecule has 0 atom stereocenters. The summed E-state index contributed by atoms with van der Waals surface area (Å²) >= 11 is 0. The minimum absolute atomic E-state index is 0.167.